The molecule has 18 heavy (non-hydrogen) atoms. The molecule has 0 spiro atoms. The minimum atomic E-state index is -0.792. The van der Waals surface area contributed by atoms with E-state index in [0.29, 0.717) is 13.2 Å². The van der Waals surface area contributed by atoms with Crippen LogP contribution >= 0.6 is 0 Å². The molecule has 0 aromatic carbocycles. The monoisotopic (exact) mass is 332 g/mol. The number of esters is 1. The normalized spacial score (nSPS) is 12.4. The number of rotatable bonds is 9. The van der Waals surface area contributed by atoms with Gasteiger partial charge in [0.1, 0.15) is 0 Å². The molecule has 0 aliphatic carbocycles. The van der Waals surface area contributed by atoms with E-state index in [1.807, 2.05) is 20.1 Å². The van der Waals surface area contributed by atoms with E-state index >= 15 is 0 Å². The summed E-state index contributed by atoms with van der Waals surface area (Å²) in [6.07, 6.45) is 3.38. The van der Waals surface area contributed by atoms with Gasteiger partial charge in [0.25, 0.3) is 0 Å². The van der Waals surface area contributed by atoms with Crippen molar-refractivity contribution in [2.45, 2.75) is 53.1 Å². The molecule has 1 radical (unpaired) electrons. The quantitative estimate of drug-likeness (QED) is 0.369. The predicted octanol–water partition coefficient (Wildman–Crippen LogP) is 2.26. The number of hydrogen-bond acceptors (Lipinski definition) is 4. The van der Waals surface area contributed by atoms with Crippen LogP contribution < -0.4 is 0 Å². The molecule has 0 unspecified atom stereocenters. The van der Waals surface area contributed by atoms with Crippen molar-refractivity contribution in [3.8, 4) is 0 Å². The molecule has 0 fully saturated rings. The molecular weight excluding hydrogens is 309 g/mol. The third-order valence-corrected chi connectivity index (χ3v) is 2.55. The van der Waals surface area contributed by atoms with Gasteiger partial charge in [0, 0.05) is 45.4 Å². The molecule has 0 N–H and O–H groups in total. The Morgan fingerprint density at radius 1 is 1.33 bits per heavy atom. The number of unbranched alkanes of at least 4 members (excludes halogenated alkanes) is 1. The molecule has 0 aromatic rings. The molecule has 0 aliphatic rings. The van der Waals surface area contributed by atoms with Crippen LogP contribution in [0.2, 0.25) is 0 Å². The Balaban J connectivity index is 0. The van der Waals surface area contributed by atoms with Gasteiger partial charge < -0.3 is 14.3 Å². The van der Waals surface area contributed by atoms with E-state index in [4.69, 9.17) is 9.47 Å². The molecule has 0 rings (SSSR count). The summed E-state index contributed by atoms with van der Waals surface area (Å²) in [5.74, 6) is -0.319. The number of carbonyl (C=O) groups excluding carboxylic acids is 2. The maximum absolute atomic E-state index is 11.5. The van der Waals surface area contributed by atoms with Crippen molar-refractivity contribution in [2.75, 3.05) is 13.2 Å². The summed E-state index contributed by atoms with van der Waals surface area (Å²) in [7, 11) is 0. The van der Waals surface area contributed by atoms with Crippen LogP contribution in [-0.4, -0.2) is 31.6 Å². The fourth-order valence-corrected chi connectivity index (χ4v) is 1.33. The minimum absolute atomic E-state index is 0. The van der Waals surface area contributed by atoms with E-state index < -0.39 is 11.5 Å². The topological polar surface area (TPSA) is 52.6 Å². The van der Waals surface area contributed by atoms with Crippen LogP contribution in [0.5, 0.6) is 0 Å². The number of hydrogen-bond donors (Lipinski definition) is 0. The molecule has 0 saturated carbocycles. The first kappa shape index (κ1) is 20.5. The van der Waals surface area contributed by atoms with Crippen molar-refractivity contribution in [1.29, 1.82) is 0 Å². The molecule has 5 heteroatoms. The van der Waals surface area contributed by atoms with E-state index in [0.717, 1.165) is 12.8 Å². The smallest absolute Gasteiger partial charge is 0.308 e. The third kappa shape index (κ3) is 8.33. The first-order chi connectivity index (χ1) is 7.97. The van der Waals surface area contributed by atoms with E-state index in [9.17, 15) is 9.59 Å². The zero-order valence-corrected chi connectivity index (χ0v) is 14.7. The van der Waals surface area contributed by atoms with Gasteiger partial charge in [-0.15, -0.1) is 5.41 Å². The Kier molecular flexibility index (Phi) is 12.6. The summed E-state index contributed by atoms with van der Waals surface area (Å²) in [6, 6.07) is 0. The third-order valence-electron chi connectivity index (χ3n) is 2.55. The van der Waals surface area contributed by atoms with Gasteiger partial charge in [0.15, 0.2) is 0 Å². The van der Waals surface area contributed by atoms with Gasteiger partial charge in [-0.2, -0.15) is 0 Å². The standard InChI is InChI=1S/C13H23O4.Y/c1-5-7-8-17-12(15)9-11(16-6-2)13(3,4)10-14;/h11H,5-9H2,1-4H3;/q-1;/t11-;/m1./s1. The zero-order valence-electron chi connectivity index (χ0n) is 11.8. The van der Waals surface area contributed by atoms with Crippen molar-refractivity contribution < 1.29 is 51.8 Å². The van der Waals surface area contributed by atoms with Gasteiger partial charge >= 0.3 is 5.97 Å². The second-order valence-electron chi connectivity index (χ2n) is 4.55. The van der Waals surface area contributed by atoms with Crippen molar-refractivity contribution in [3.05, 3.63) is 0 Å². The fraction of sp³-hybridized carbons (Fsp3) is 0.846. The van der Waals surface area contributed by atoms with Crippen LogP contribution in [0, 0.1) is 5.41 Å². The average Bonchev–Trinajstić information content (AvgIpc) is 2.29. The first-order valence-electron chi connectivity index (χ1n) is 6.14. The van der Waals surface area contributed by atoms with Crippen LogP contribution in [0.25, 0.3) is 0 Å². The largest absolute Gasteiger partial charge is 0.541 e. The Bertz CT molecular complexity index is 241. The zero-order chi connectivity index (χ0) is 13.3. The number of carbonyl (C=O) groups is 1. The average molecular weight is 332 g/mol. The van der Waals surface area contributed by atoms with Crippen LogP contribution in [0.1, 0.15) is 47.0 Å². The summed E-state index contributed by atoms with van der Waals surface area (Å²) in [5.41, 5.74) is -0.792. The predicted molar refractivity (Wildman–Crippen MR) is 65.4 cm³/mol. The molecule has 1 atom stereocenters. The molecule has 0 aliphatic heterocycles. The molecule has 0 aromatic heterocycles. The van der Waals surface area contributed by atoms with Crippen molar-refractivity contribution >= 4 is 12.3 Å². The van der Waals surface area contributed by atoms with Gasteiger partial charge in [-0.25, -0.2) is 0 Å². The molecule has 0 saturated heterocycles. The fourth-order valence-electron chi connectivity index (χ4n) is 1.33. The Morgan fingerprint density at radius 3 is 2.39 bits per heavy atom. The van der Waals surface area contributed by atoms with Crippen LogP contribution in [0.15, 0.2) is 0 Å². The van der Waals surface area contributed by atoms with Crippen LogP contribution in [-0.2, 0) is 51.8 Å². The molecule has 0 amide bonds. The van der Waals surface area contributed by atoms with Crippen molar-refractivity contribution in [3.63, 3.8) is 0 Å². The molecule has 0 bridgehead atoms. The van der Waals surface area contributed by atoms with E-state index in [1.165, 1.54) is 0 Å². The van der Waals surface area contributed by atoms with Crippen LogP contribution in [0.3, 0.4) is 0 Å². The Morgan fingerprint density at radius 2 is 1.94 bits per heavy atom. The van der Waals surface area contributed by atoms with Crippen molar-refractivity contribution in [1.82, 2.24) is 0 Å². The summed E-state index contributed by atoms with van der Waals surface area (Å²) in [6.45, 7) is 8.16. The maximum atomic E-state index is 11.5. The second kappa shape index (κ2) is 11.1. The van der Waals surface area contributed by atoms with Gasteiger partial charge in [-0.05, 0) is 13.3 Å². The maximum Gasteiger partial charge on any atom is 0.308 e. The minimum Gasteiger partial charge on any atom is -0.541 e. The molecule has 4 nitrogen and oxygen atoms in total. The molecule has 0 heterocycles. The Labute approximate surface area is 135 Å². The first-order valence-corrected chi connectivity index (χ1v) is 6.14. The van der Waals surface area contributed by atoms with Gasteiger partial charge in [0.05, 0.1) is 13.0 Å². The van der Waals surface area contributed by atoms with Gasteiger partial charge in [-0.3, -0.25) is 11.1 Å². The van der Waals surface area contributed by atoms with E-state index in [2.05, 4.69) is 0 Å². The molecular formula is C13H23O4Y-. The van der Waals surface area contributed by atoms with Gasteiger partial charge in [0.2, 0.25) is 0 Å². The summed E-state index contributed by atoms with van der Waals surface area (Å²) >= 11 is 0. The number of ether oxygens (including phenoxy) is 2. The summed E-state index contributed by atoms with van der Waals surface area (Å²) in [5, 5.41) is 0. The second-order valence-corrected chi connectivity index (χ2v) is 4.55. The summed E-state index contributed by atoms with van der Waals surface area (Å²) in [4.78, 5) is 22.4. The van der Waals surface area contributed by atoms with Gasteiger partial charge in [-0.1, -0.05) is 27.2 Å². The molecule has 103 valence electrons. The Hall–Kier alpha value is 0.204. The van der Waals surface area contributed by atoms with E-state index in [-0.39, 0.29) is 45.1 Å². The van der Waals surface area contributed by atoms with Crippen LogP contribution in [0.4, 0.5) is 0 Å². The van der Waals surface area contributed by atoms with E-state index in [1.54, 1.807) is 13.8 Å². The SMILES string of the molecule is CCCCOC(=O)C[C@@H](OCC)C(C)(C)[C-]=O.[Y]. The summed E-state index contributed by atoms with van der Waals surface area (Å²) < 4.78 is 10.5. The van der Waals surface area contributed by atoms with Crippen molar-refractivity contribution in [2.24, 2.45) is 5.41 Å².